The van der Waals surface area contributed by atoms with Gasteiger partial charge in [0.15, 0.2) is 0 Å². The normalized spacial score (nSPS) is 11.4. The van der Waals surface area contributed by atoms with Crippen molar-refractivity contribution in [3.8, 4) is 0 Å². The predicted octanol–water partition coefficient (Wildman–Crippen LogP) is 4.35. The predicted molar refractivity (Wildman–Crippen MR) is 81.1 cm³/mol. The van der Waals surface area contributed by atoms with Crippen LogP contribution in [0.25, 0.3) is 0 Å². The molecule has 0 atom stereocenters. The smallest absolute Gasteiger partial charge is 0.263 e. The fourth-order valence-electron chi connectivity index (χ4n) is 1.62. The van der Waals surface area contributed by atoms with E-state index in [4.69, 9.17) is 11.6 Å². The summed E-state index contributed by atoms with van der Waals surface area (Å²) < 4.78 is 40.5. The number of benzene rings is 2. The summed E-state index contributed by atoms with van der Waals surface area (Å²) in [7, 11) is -3.82. The van der Waals surface area contributed by atoms with Gasteiger partial charge in [0.1, 0.15) is 10.7 Å². The second-order valence-corrected chi connectivity index (χ2v) is 7.03. The van der Waals surface area contributed by atoms with Crippen molar-refractivity contribution in [3.63, 3.8) is 0 Å². The van der Waals surface area contributed by atoms with Gasteiger partial charge in [0.05, 0.1) is 15.2 Å². The molecular weight excluding hydrogens is 369 g/mol. The molecule has 106 valence electrons. The molecule has 0 amide bonds. The van der Waals surface area contributed by atoms with Crippen molar-refractivity contribution in [2.75, 3.05) is 4.72 Å². The highest BCUT2D eigenvalue weighted by atomic mass is 79.9. The van der Waals surface area contributed by atoms with Gasteiger partial charge in [0, 0.05) is 0 Å². The molecule has 0 heterocycles. The molecule has 0 saturated heterocycles. The minimum Gasteiger partial charge on any atom is -0.279 e. The van der Waals surface area contributed by atoms with Crippen molar-refractivity contribution in [2.45, 2.75) is 11.8 Å². The Labute approximate surface area is 130 Å². The first-order chi connectivity index (χ1) is 9.31. The van der Waals surface area contributed by atoms with Crippen LogP contribution in [0.2, 0.25) is 5.02 Å². The number of hydrogen-bond acceptors (Lipinski definition) is 2. The highest BCUT2D eigenvalue weighted by molar-refractivity contribution is 9.10. The minimum absolute atomic E-state index is 0.0264. The Morgan fingerprint density at radius 2 is 1.90 bits per heavy atom. The van der Waals surface area contributed by atoms with Crippen LogP contribution in [0.1, 0.15) is 5.56 Å². The van der Waals surface area contributed by atoms with Crippen molar-refractivity contribution in [1.29, 1.82) is 0 Å². The van der Waals surface area contributed by atoms with Gasteiger partial charge in [-0.25, -0.2) is 12.8 Å². The molecule has 0 aliphatic heterocycles. The van der Waals surface area contributed by atoms with E-state index >= 15 is 0 Å². The molecule has 0 saturated carbocycles. The molecule has 0 aromatic heterocycles. The number of hydrogen-bond donors (Lipinski definition) is 1. The van der Waals surface area contributed by atoms with Crippen LogP contribution in [0, 0.1) is 12.7 Å². The molecule has 2 rings (SSSR count). The van der Waals surface area contributed by atoms with Crippen molar-refractivity contribution in [3.05, 3.63) is 57.3 Å². The van der Waals surface area contributed by atoms with Crippen molar-refractivity contribution < 1.29 is 12.8 Å². The zero-order chi connectivity index (χ0) is 14.9. The lowest BCUT2D eigenvalue weighted by molar-refractivity contribution is 0.600. The zero-order valence-corrected chi connectivity index (χ0v) is 13.5. The summed E-state index contributed by atoms with van der Waals surface area (Å²) in [4.78, 5) is -0.0264. The Morgan fingerprint density at radius 1 is 1.25 bits per heavy atom. The SMILES string of the molecule is Cc1cc(F)c(Br)cc1NS(=O)(=O)c1ccccc1Cl. The van der Waals surface area contributed by atoms with Crippen LogP contribution in [-0.2, 0) is 10.0 Å². The lowest BCUT2D eigenvalue weighted by Crippen LogP contribution is -2.14. The van der Waals surface area contributed by atoms with Crippen LogP contribution in [0.3, 0.4) is 0 Å². The van der Waals surface area contributed by atoms with Crippen molar-refractivity contribution >= 4 is 43.2 Å². The third kappa shape index (κ3) is 3.13. The summed E-state index contributed by atoms with van der Waals surface area (Å²) in [6.07, 6.45) is 0. The molecule has 0 fully saturated rings. The Balaban J connectivity index is 2.44. The Morgan fingerprint density at radius 3 is 2.55 bits per heavy atom. The van der Waals surface area contributed by atoms with E-state index < -0.39 is 15.8 Å². The third-order valence-electron chi connectivity index (χ3n) is 2.64. The molecule has 0 aliphatic rings. The minimum atomic E-state index is -3.82. The van der Waals surface area contributed by atoms with E-state index in [0.29, 0.717) is 5.56 Å². The monoisotopic (exact) mass is 377 g/mol. The van der Waals surface area contributed by atoms with Crippen LogP contribution in [0.5, 0.6) is 0 Å². The van der Waals surface area contributed by atoms with Crippen LogP contribution < -0.4 is 4.72 Å². The standard InChI is InChI=1S/C13H10BrClFNO2S/c1-8-6-11(16)9(14)7-12(8)17-20(18,19)13-5-3-2-4-10(13)15/h2-7,17H,1H3. The topological polar surface area (TPSA) is 46.2 Å². The molecule has 2 aromatic rings. The number of nitrogens with one attached hydrogen (secondary N) is 1. The van der Waals surface area contributed by atoms with Gasteiger partial charge in [-0.05, 0) is 52.7 Å². The van der Waals surface area contributed by atoms with Crippen molar-refractivity contribution in [2.24, 2.45) is 0 Å². The third-order valence-corrected chi connectivity index (χ3v) is 5.11. The van der Waals surface area contributed by atoms with E-state index in [-0.39, 0.29) is 20.1 Å². The van der Waals surface area contributed by atoms with E-state index in [9.17, 15) is 12.8 Å². The Kier molecular flexibility index (Phi) is 4.36. The summed E-state index contributed by atoms with van der Waals surface area (Å²) >= 11 is 8.91. The summed E-state index contributed by atoms with van der Waals surface area (Å²) in [5.41, 5.74) is 0.763. The van der Waals surface area contributed by atoms with Crippen molar-refractivity contribution in [1.82, 2.24) is 0 Å². The fourth-order valence-corrected chi connectivity index (χ4v) is 3.60. The highest BCUT2D eigenvalue weighted by Crippen LogP contribution is 2.28. The molecule has 1 N–H and O–H groups in total. The molecule has 20 heavy (non-hydrogen) atoms. The van der Waals surface area contributed by atoms with E-state index in [2.05, 4.69) is 20.7 Å². The van der Waals surface area contributed by atoms with Gasteiger partial charge in [0.25, 0.3) is 10.0 Å². The van der Waals surface area contributed by atoms with Gasteiger partial charge in [-0.15, -0.1) is 0 Å². The van der Waals surface area contributed by atoms with Gasteiger partial charge in [-0.1, -0.05) is 23.7 Å². The van der Waals surface area contributed by atoms with Gasteiger partial charge in [0.2, 0.25) is 0 Å². The van der Waals surface area contributed by atoms with Gasteiger partial charge < -0.3 is 0 Å². The molecule has 7 heteroatoms. The number of sulfonamides is 1. The second-order valence-electron chi connectivity index (χ2n) is 4.12. The Bertz CT molecular complexity index is 765. The zero-order valence-electron chi connectivity index (χ0n) is 10.3. The Hall–Kier alpha value is -1.11. The quantitative estimate of drug-likeness (QED) is 0.863. The van der Waals surface area contributed by atoms with Crippen LogP contribution in [-0.4, -0.2) is 8.42 Å². The first-order valence-corrected chi connectivity index (χ1v) is 8.19. The molecule has 2 aromatic carbocycles. The molecular formula is C13H10BrClFNO2S. The summed E-state index contributed by atoms with van der Waals surface area (Å²) in [5.74, 6) is -0.455. The molecule has 0 unspecified atom stereocenters. The summed E-state index contributed by atoms with van der Waals surface area (Å²) in [6, 6.07) is 8.73. The van der Waals surface area contributed by atoms with Crippen LogP contribution >= 0.6 is 27.5 Å². The average molecular weight is 379 g/mol. The van der Waals surface area contributed by atoms with Gasteiger partial charge in [-0.3, -0.25) is 4.72 Å². The van der Waals surface area contributed by atoms with Crippen LogP contribution in [0.15, 0.2) is 45.8 Å². The molecule has 0 aliphatic carbocycles. The molecule has 3 nitrogen and oxygen atoms in total. The molecule has 0 spiro atoms. The van der Waals surface area contributed by atoms with Gasteiger partial charge >= 0.3 is 0 Å². The highest BCUT2D eigenvalue weighted by Gasteiger charge is 2.19. The first kappa shape index (κ1) is 15.3. The largest absolute Gasteiger partial charge is 0.279 e. The molecule has 0 radical (unpaired) electrons. The number of anilines is 1. The molecule has 0 bridgehead atoms. The lowest BCUT2D eigenvalue weighted by atomic mass is 10.2. The number of halogens is 3. The lowest BCUT2D eigenvalue weighted by Gasteiger charge is -2.12. The van der Waals surface area contributed by atoms with E-state index in [0.717, 1.165) is 0 Å². The van der Waals surface area contributed by atoms with E-state index in [1.165, 1.54) is 24.3 Å². The average Bonchev–Trinajstić information content (AvgIpc) is 2.36. The maximum absolute atomic E-state index is 13.3. The number of rotatable bonds is 3. The maximum atomic E-state index is 13.3. The number of aryl methyl sites for hydroxylation is 1. The van der Waals surface area contributed by atoms with E-state index in [1.54, 1.807) is 19.1 Å². The summed E-state index contributed by atoms with van der Waals surface area (Å²) in [5, 5.41) is 0.124. The maximum Gasteiger partial charge on any atom is 0.263 e. The fraction of sp³-hybridized carbons (Fsp3) is 0.0769. The van der Waals surface area contributed by atoms with Crippen LogP contribution in [0.4, 0.5) is 10.1 Å². The first-order valence-electron chi connectivity index (χ1n) is 5.54. The van der Waals surface area contributed by atoms with Gasteiger partial charge in [-0.2, -0.15) is 0 Å². The summed E-state index contributed by atoms with van der Waals surface area (Å²) in [6.45, 7) is 1.61. The van der Waals surface area contributed by atoms with E-state index in [1.807, 2.05) is 0 Å². The second kappa shape index (κ2) is 5.71.